The second-order valence-electron chi connectivity index (χ2n) is 7.45. The first-order valence-electron chi connectivity index (χ1n) is 9.69. The number of hydrogen-bond donors (Lipinski definition) is 1. The minimum Gasteiger partial charge on any atom is -0.368 e. The molecule has 4 heterocycles. The minimum absolute atomic E-state index is 0.181. The molecule has 2 aromatic heterocycles. The molecule has 8 nitrogen and oxygen atoms in total. The molecule has 0 bridgehead atoms. The lowest BCUT2D eigenvalue weighted by Crippen LogP contribution is -2.63. The van der Waals surface area contributed by atoms with Crippen molar-refractivity contribution in [1.82, 2.24) is 24.9 Å². The van der Waals surface area contributed by atoms with Crippen molar-refractivity contribution in [3.05, 3.63) is 30.3 Å². The molecule has 2 saturated heterocycles. The highest BCUT2D eigenvalue weighted by molar-refractivity contribution is 5.84. The van der Waals surface area contributed by atoms with Crippen LogP contribution in [-0.4, -0.2) is 62.5 Å². The van der Waals surface area contributed by atoms with E-state index in [1.807, 2.05) is 18.2 Å². The molecule has 0 aromatic carbocycles. The van der Waals surface area contributed by atoms with Gasteiger partial charge >= 0.3 is 0 Å². The van der Waals surface area contributed by atoms with E-state index in [0.717, 1.165) is 51.9 Å². The third kappa shape index (κ3) is 3.72. The fourth-order valence-electron chi connectivity index (χ4n) is 4.23. The number of carbonyl (C=O) groups excluding carboxylic acids is 1. The van der Waals surface area contributed by atoms with E-state index in [2.05, 4.69) is 24.9 Å². The number of aromatic nitrogens is 3. The van der Waals surface area contributed by atoms with E-state index in [4.69, 9.17) is 10.3 Å². The zero-order valence-corrected chi connectivity index (χ0v) is 15.5. The third-order valence-electron chi connectivity index (χ3n) is 5.82. The van der Waals surface area contributed by atoms with Gasteiger partial charge in [0.05, 0.1) is 6.54 Å². The molecule has 0 atom stereocenters. The highest BCUT2D eigenvalue weighted by Gasteiger charge is 2.45. The number of primary amides is 1. The van der Waals surface area contributed by atoms with Gasteiger partial charge in [-0.05, 0) is 50.9 Å². The Balaban J connectivity index is 1.39. The molecule has 0 aliphatic carbocycles. The van der Waals surface area contributed by atoms with Gasteiger partial charge in [-0.25, -0.2) is 0 Å². The molecule has 27 heavy (non-hydrogen) atoms. The van der Waals surface area contributed by atoms with Crippen molar-refractivity contribution >= 4 is 5.91 Å². The van der Waals surface area contributed by atoms with Crippen molar-refractivity contribution in [2.24, 2.45) is 5.73 Å². The summed E-state index contributed by atoms with van der Waals surface area (Å²) in [5, 5.41) is 4.02. The molecule has 2 aliphatic rings. The normalized spacial score (nSPS) is 21.2. The molecular formula is C19H26N6O2. The van der Waals surface area contributed by atoms with Crippen LogP contribution in [0, 0.1) is 0 Å². The van der Waals surface area contributed by atoms with Crippen LogP contribution >= 0.6 is 0 Å². The van der Waals surface area contributed by atoms with Crippen molar-refractivity contribution in [2.45, 2.75) is 44.2 Å². The average molecular weight is 370 g/mol. The van der Waals surface area contributed by atoms with Gasteiger partial charge in [0, 0.05) is 19.3 Å². The van der Waals surface area contributed by atoms with E-state index in [-0.39, 0.29) is 5.91 Å². The summed E-state index contributed by atoms with van der Waals surface area (Å²) in [5.41, 5.74) is 6.05. The maximum atomic E-state index is 12.3. The Morgan fingerprint density at radius 2 is 1.93 bits per heavy atom. The summed E-state index contributed by atoms with van der Waals surface area (Å²) in [6.45, 7) is 4.11. The van der Waals surface area contributed by atoms with Gasteiger partial charge in [-0.2, -0.15) is 4.98 Å². The molecular weight excluding hydrogens is 344 g/mol. The Hall–Kier alpha value is -2.32. The summed E-state index contributed by atoms with van der Waals surface area (Å²) < 4.78 is 5.39. The molecule has 0 radical (unpaired) electrons. The minimum atomic E-state index is -0.495. The fraction of sp³-hybridized carbons (Fsp3) is 0.579. The van der Waals surface area contributed by atoms with Crippen LogP contribution in [0.5, 0.6) is 0 Å². The number of piperidine rings is 2. The van der Waals surface area contributed by atoms with E-state index in [1.165, 1.54) is 6.42 Å². The third-order valence-corrected chi connectivity index (χ3v) is 5.82. The number of pyridine rings is 1. The van der Waals surface area contributed by atoms with Gasteiger partial charge in [0.25, 0.3) is 0 Å². The summed E-state index contributed by atoms with van der Waals surface area (Å²) in [7, 11) is 0. The van der Waals surface area contributed by atoms with E-state index in [1.54, 1.807) is 6.20 Å². The summed E-state index contributed by atoms with van der Waals surface area (Å²) in [5.74, 6) is 0.891. The first kappa shape index (κ1) is 18.1. The van der Waals surface area contributed by atoms with Crippen LogP contribution < -0.4 is 5.73 Å². The van der Waals surface area contributed by atoms with Gasteiger partial charge in [0.1, 0.15) is 11.2 Å². The lowest BCUT2D eigenvalue weighted by molar-refractivity contribution is -0.135. The van der Waals surface area contributed by atoms with Crippen LogP contribution in [0.4, 0.5) is 0 Å². The average Bonchev–Trinajstić information content (AvgIpc) is 3.18. The Kier molecular flexibility index (Phi) is 5.18. The summed E-state index contributed by atoms with van der Waals surface area (Å²) in [4.78, 5) is 25.6. The van der Waals surface area contributed by atoms with Gasteiger partial charge in [0.2, 0.25) is 17.6 Å². The van der Waals surface area contributed by atoms with Crippen LogP contribution in [0.15, 0.2) is 28.9 Å². The number of amides is 1. The van der Waals surface area contributed by atoms with Crippen LogP contribution in [0.2, 0.25) is 0 Å². The van der Waals surface area contributed by atoms with Crippen molar-refractivity contribution in [3.63, 3.8) is 0 Å². The SMILES string of the molecule is NC(=O)C1(N2CCCCC2)CCN(Cc2nc(-c3ccccn3)no2)CC1. The first-order valence-corrected chi connectivity index (χ1v) is 9.69. The highest BCUT2D eigenvalue weighted by Crippen LogP contribution is 2.32. The van der Waals surface area contributed by atoms with Crippen LogP contribution in [0.25, 0.3) is 11.5 Å². The standard InChI is InChI=1S/C19H26N6O2/c20-18(26)19(25-10-4-1-5-11-25)7-12-24(13-8-19)14-16-22-17(23-27-16)15-6-2-3-9-21-15/h2-3,6,9H,1,4-5,7-8,10-14H2,(H2,20,26). The molecule has 144 valence electrons. The van der Waals surface area contributed by atoms with Crippen molar-refractivity contribution < 1.29 is 9.32 Å². The van der Waals surface area contributed by atoms with Gasteiger partial charge in [-0.15, -0.1) is 0 Å². The predicted molar refractivity (Wildman–Crippen MR) is 99.4 cm³/mol. The van der Waals surface area contributed by atoms with Crippen LogP contribution in [0.3, 0.4) is 0 Å². The predicted octanol–water partition coefficient (Wildman–Crippen LogP) is 1.44. The number of carbonyl (C=O) groups is 1. The number of likely N-dealkylation sites (tertiary alicyclic amines) is 2. The van der Waals surface area contributed by atoms with Gasteiger partial charge in [0.15, 0.2) is 0 Å². The Bertz CT molecular complexity index is 764. The molecule has 0 saturated carbocycles. The van der Waals surface area contributed by atoms with Crippen molar-refractivity contribution in [2.75, 3.05) is 26.2 Å². The van der Waals surface area contributed by atoms with E-state index < -0.39 is 5.54 Å². The maximum absolute atomic E-state index is 12.3. The van der Waals surface area contributed by atoms with Gasteiger partial charge in [-0.1, -0.05) is 17.6 Å². The van der Waals surface area contributed by atoms with Crippen molar-refractivity contribution in [3.8, 4) is 11.5 Å². The lowest BCUT2D eigenvalue weighted by Gasteiger charge is -2.47. The number of nitrogens with two attached hydrogens (primary N) is 1. The number of nitrogens with zero attached hydrogens (tertiary/aromatic N) is 5. The number of rotatable bonds is 5. The number of hydrogen-bond acceptors (Lipinski definition) is 7. The van der Waals surface area contributed by atoms with Gasteiger partial charge in [-0.3, -0.25) is 19.6 Å². The molecule has 0 spiro atoms. The van der Waals surface area contributed by atoms with E-state index in [9.17, 15) is 4.79 Å². The summed E-state index contributed by atoms with van der Waals surface area (Å²) in [6, 6.07) is 5.61. The molecule has 0 unspecified atom stereocenters. The Morgan fingerprint density at radius 1 is 1.15 bits per heavy atom. The maximum Gasteiger partial charge on any atom is 0.241 e. The fourth-order valence-corrected chi connectivity index (χ4v) is 4.23. The Labute approximate surface area is 158 Å². The van der Waals surface area contributed by atoms with Gasteiger partial charge < -0.3 is 10.3 Å². The smallest absolute Gasteiger partial charge is 0.241 e. The van der Waals surface area contributed by atoms with Crippen LogP contribution in [0.1, 0.15) is 38.0 Å². The highest BCUT2D eigenvalue weighted by atomic mass is 16.5. The topological polar surface area (TPSA) is 101 Å². The molecule has 2 N–H and O–H groups in total. The zero-order chi connectivity index (χ0) is 18.7. The van der Waals surface area contributed by atoms with E-state index >= 15 is 0 Å². The first-order chi connectivity index (χ1) is 13.2. The summed E-state index contributed by atoms with van der Waals surface area (Å²) in [6.07, 6.45) is 6.76. The summed E-state index contributed by atoms with van der Waals surface area (Å²) >= 11 is 0. The molecule has 4 rings (SSSR count). The zero-order valence-electron chi connectivity index (χ0n) is 15.5. The lowest BCUT2D eigenvalue weighted by atomic mass is 9.83. The second-order valence-corrected chi connectivity index (χ2v) is 7.45. The van der Waals surface area contributed by atoms with Crippen molar-refractivity contribution in [1.29, 1.82) is 0 Å². The second kappa shape index (κ2) is 7.74. The monoisotopic (exact) mass is 370 g/mol. The van der Waals surface area contributed by atoms with E-state index in [0.29, 0.717) is 24.0 Å². The quantitative estimate of drug-likeness (QED) is 0.849. The molecule has 1 amide bonds. The molecule has 2 fully saturated rings. The van der Waals surface area contributed by atoms with Crippen LogP contribution in [-0.2, 0) is 11.3 Å². The largest absolute Gasteiger partial charge is 0.368 e. The molecule has 8 heteroatoms. The Morgan fingerprint density at radius 3 is 2.59 bits per heavy atom. The molecule has 2 aromatic rings. The molecule has 2 aliphatic heterocycles.